The number of nitrogens with zero attached hydrogens (tertiary/aromatic N) is 2. The van der Waals surface area contributed by atoms with Crippen LogP contribution in [0.15, 0.2) is 47.9 Å². The van der Waals surface area contributed by atoms with E-state index >= 15 is 0 Å². The van der Waals surface area contributed by atoms with Gasteiger partial charge in [-0.3, -0.25) is 4.79 Å². The number of unbranched alkanes of at least 4 members (excludes halogenated alkanes) is 1. The number of rotatable bonds is 11. The Morgan fingerprint density at radius 2 is 2.07 bits per heavy atom. The Morgan fingerprint density at radius 3 is 2.83 bits per heavy atom. The lowest BCUT2D eigenvalue weighted by Gasteiger charge is -2.04. The minimum atomic E-state index is -0.132. The van der Waals surface area contributed by atoms with Crippen molar-refractivity contribution in [3.05, 3.63) is 58.5 Å². The van der Waals surface area contributed by atoms with Crippen LogP contribution in [0.25, 0.3) is 0 Å². The van der Waals surface area contributed by atoms with E-state index in [1.54, 1.807) is 20.2 Å². The third kappa shape index (κ3) is 8.22. The zero-order valence-electron chi connectivity index (χ0n) is 16.8. The summed E-state index contributed by atoms with van der Waals surface area (Å²) in [4.78, 5) is 12.2. The van der Waals surface area contributed by atoms with Gasteiger partial charge in [0.1, 0.15) is 10.8 Å². The van der Waals surface area contributed by atoms with Crippen molar-refractivity contribution in [3.8, 4) is 5.75 Å². The van der Waals surface area contributed by atoms with Crippen LogP contribution in [0, 0.1) is 0 Å². The van der Waals surface area contributed by atoms with E-state index in [4.69, 9.17) is 16.2 Å². The molecule has 29 heavy (non-hydrogen) atoms. The highest BCUT2D eigenvalue weighted by atomic mass is 32.1. The Balaban J connectivity index is 1.74. The molecule has 0 saturated heterocycles. The van der Waals surface area contributed by atoms with Crippen LogP contribution in [0.5, 0.6) is 5.75 Å². The third-order valence-corrected chi connectivity index (χ3v) is 4.98. The van der Waals surface area contributed by atoms with Crippen LogP contribution < -0.4 is 26.8 Å². The van der Waals surface area contributed by atoms with Crippen LogP contribution in [0.2, 0.25) is 0 Å². The number of amides is 1. The summed E-state index contributed by atoms with van der Waals surface area (Å²) in [7, 11) is 3.36. The quantitative estimate of drug-likeness (QED) is 0.327. The predicted molar refractivity (Wildman–Crippen MR) is 116 cm³/mol. The number of carbonyl (C=O) groups excluding carboxylic acids is 1. The summed E-state index contributed by atoms with van der Waals surface area (Å²) in [6.07, 6.45) is 7.28. The molecule has 1 heterocycles. The number of nitrogens with two attached hydrogens (primary N) is 2. The highest BCUT2D eigenvalue weighted by molar-refractivity contribution is 7.15. The van der Waals surface area contributed by atoms with E-state index in [-0.39, 0.29) is 12.3 Å². The molecule has 6 N–H and O–H groups in total. The van der Waals surface area contributed by atoms with Crippen molar-refractivity contribution in [1.29, 1.82) is 0 Å². The molecule has 0 radical (unpaired) electrons. The topological polar surface area (TPSA) is 128 Å². The zero-order valence-corrected chi connectivity index (χ0v) is 17.6. The first kappa shape index (κ1) is 22.2. The fraction of sp³-hybridized carbons (Fsp3) is 0.350. The number of nitrogens with one attached hydrogen (secondary N) is 2. The largest absolute Gasteiger partial charge is 0.497 e. The zero-order chi connectivity index (χ0) is 21.1. The molecule has 9 heteroatoms. The number of hydrogen-bond donors (Lipinski definition) is 4. The first-order chi connectivity index (χ1) is 14.0. The molecule has 0 saturated carbocycles. The number of carbonyl (C=O) groups is 1. The Hall–Kier alpha value is -3.07. The maximum Gasteiger partial charge on any atom is 0.230 e. The van der Waals surface area contributed by atoms with Crippen LogP contribution >= 0.6 is 11.3 Å². The van der Waals surface area contributed by atoms with Crippen molar-refractivity contribution < 1.29 is 9.53 Å². The Bertz CT molecular complexity index is 862. The Kier molecular flexibility index (Phi) is 8.97. The van der Waals surface area contributed by atoms with Crippen molar-refractivity contribution in [2.75, 3.05) is 19.5 Å². The first-order valence-electron chi connectivity index (χ1n) is 9.35. The van der Waals surface area contributed by atoms with E-state index in [0.717, 1.165) is 47.7 Å². The molecule has 0 fully saturated rings. The summed E-state index contributed by atoms with van der Waals surface area (Å²) in [5.41, 5.74) is 13.3. The van der Waals surface area contributed by atoms with E-state index in [0.29, 0.717) is 11.0 Å². The number of methoxy groups -OCH3 is 1. The predicted octanol–water partition coefficient (Wildman–Crippen LogP) is 2.30. The van der Waals surface area contributed by atoms with Gasteiger partial charge in [-0.25, -0.2) is 0 Å². The average Bonchev–Trinajstić information content (AvgIpc) is 3.16. The van der Waals surface area contributed by atoms with Gasteiger partial charge in [0.15, 0.2) is 0 Å². The number of anilines is 1. The SMILES string of the molecule is CN/C(N)=C/C=C(\N)CCCCc1nnc(NC(=O)Cc2cccc(OC)c2)s1. The van der Waals surface area contributed by atoms with Gasteiger partial charge in [-0.1, -0.05) is 23.5 Å². The molecule has 2 rings (SSSR count). The fourth-order valence-electron chi connectivity index (χ4n) is 2.51. The summed E-state index contributed by atoms with van der Waals surface area (Å²) in [5.74, 6) is 1.17. The van der Waals surface area contributed by atoms with E-state index in [1.807, 2.05) is 30.3 Å². The molecule has 0 spiro atoms. The average molecular weight is 417 g/mol. The van der Waals surface area contributed by atoms with Crippen LogP contribution in [0.1, 0.15) is 29.8 Å². The molecule has 156 valence electrons. The lowest BCUT2D eigenvalue weighted by Crippen LogP contribution is -2.14. The summed E-state index contributed by atoms with van der Waals surface area (Å²) >= 11 is 1.40. The molecule has 1 aromatic heterocycles. The standard InChI is InChI=1S/C20H28N6O2S/c1-23-17(22)11-10-15(21)7-3-4-9-19-25-26-20(29-19)24-18(27)13-14-6-5-8-16(12-14)28-2/h5-6,8,10-12,23H,3-4,7,9,13,21-22H2,1-2H3,(H,24,26,27)/b15-10-,17-11+. The van der Waals surface area contributed by atoms with Gasteiger partial charge in [0.25, 0.3) is 0 Å². The van der Waals surface area contributed by atoms with E-state index < -0.39 is 0 Å². The molecule has 1 amide bonds. The molecule has 0 aliphatic carbocycles. The van der Waals surface area contributed by atoms with Crippen molar-refractivity contribution in [3.63, 3.8) is 0 Å². The smallest absolute Gasteiger partial charge is 0.230 e. The van der Waals surface area contributed by atoms with Crippen molar-refractivity contribution in [2.24, 2.45) is 11.5 Å². The number of allylic oxidation sites excluding steroid dienone is 3. The van der Waals surface area contributed by atoms with Crippen molar-refractivity contribution >= 4 is 22.4 Å². The summed E-state index contributed by atoms with van der Waals surface area (Å²) in [5, 5.41) is 15.2. The summed E-state index contributed by atoms with van der Waals surface area (Å²) in [6, 6.07) is 7.43. The lowest BCUT2D eigenvalue weighted by molar-refractivity contribution is -0.115. The molecular formula is C20H28N6O2S. The molecule has 0 aliphatic heterocycles. The van der Waals surface area contributed by atoms with Crippen LogP contribution in [0.4, 0.5) is 5.13 Å². The number of aryl methyl sites for hydroxylation is 1. The lowest BCUT2D eigenvalue weighted by atomic mass is 10.1. The van der Waals surface area contributed by atoms with Crippen LogP contribution in [0.3, 0.4) is 0 Å². The van der Waals surface area contributed by atoms with E-state index in [2.05, 4.69) is 20.8 Å². The Morgan fingerprint density at radius 1 is 1.24 bits per heavy atom. The summed E-state index contributed by atoms with van der Waals surface area (Å²) < 4.78 is 5.17. The molecule has 2 aromatic rings. The molecule has 0 unspecified atom stereocenters. The van der Waals surface area contributed by atoms with Gasteiger partial charge in [-0.05, 0) is 49.1 Å². The second kappa shape index (κ2) is 11.7. The number of benzene rings is 1. The molecule has 0 bridgehead atoms. The van der Waals surface area contributed by atoms with Crippen LogP contribution in [-0.2, 0) is 17.6 Å². The van der Waals surface area contributed by atoms with E-state index in [1.165, 1.54) is 11.3 Å². The number of aromatic nitrogens is 2. The molecule has 8 nitrogen and oxygen atoms in total. The van der Waals surface area contributed by atoms with Crippen LogP contribution in [-0.4, -0.2) is 30.3 Å². The minimum Gasteiger partial charge on any atom is -0.497 e. The maximum absolute atomic E-state index is 12.2. The van der Waals surface area contributed by atoms with Gasteiger partial charge in [-0.15, -0.1) is 10.2 Å². The van der Waals surface area contributed by atoms with Gasteiger partial charge in [0, 0.05) is 19.2 Å². The molecule has 0 atom stereocenters. The highest BCUT2D eigenvalue weighted by Gasteiger charge is 2.09. The molecule has 0 aliphatic rings. The fourth-order valence-corrected chi connectivity index (χ4v) is 3.30. The second-order valence-corrected chi connectivity index (χ2v) is 7.46. The first-order valence-corrected chi connectivity index (χ1v) is 10.2. The minimum absolute atomic E-state index is 0.132. The van der Waals surface area contributed by atoms with Gasteiger partial charge < -0.3 is 26.8 Å². The number of hydrogen-bond acceptors (Lipinski definition) is 8. The highest BCUT2D eigenvalue weighted by Crippen LogP contribution is 2.19. The number of ether oxygens (including phenoxy) is 1. The second-order valence-electron chi connectivity index (χ2n) is 6.40. The van der Waals surface area contributed by atoms with Gasteiger partial charge >= 0.3 is 0 Å². The Labute approximate surface area is 175 Å². The third-order valence-electron chi connectivity index (χ3n) is 4.08. The maximum atomic E-state index is 12.2. The normalized spacial score (nSPS) is 11.9. The van der Waals surface area contributed by atoms with Gasteiger partial charge in [0.2, 0.25) is 11.0 Å². The molecular weight excluding hydrogens is 388 g/mol. The van der Waals surface area contributed by atoms with E-state index in [9.17, 15) is 4.79 Å². The van der Waals surface area contributed by atoms with Gasteiger partial charge in [0.05, 0.1) is 19.4 Å². The molecule has 1 aromatic carbocycles. The van der Waals surface area contributed by atoms with Gasteiger partial charge in [-0.2, -0.15) is 0 Å². The van der Waals surface area contributed by atoms with Crippen molar-refractivity contribution in [2.45, 2.75) is 32.1 Å². The monoisotopic (exact) mass is 416 g/mol. The summed E-state index contributed by atoms with van der Waals surface area (Å²) in [6.45, 7) is 0. The van der Waals surface area contributed by atoms with Crippen molar-refractivity contribution in [1.82, 2.24) is 15.5 Å².